The fourth-order valence-corrected chi connectivity index (χ4v) is 8.10. The van der Waals surface area contributed by atoms with Crippen molar-refractivity contribution in [2.75, 3.05) is 27.3 Å². The molecule has 0 bridgehead atoms. The quantitative estimate of drug-likeness (QED) is 0.353. The molecule has 0 aromatic heterocycles. The zero-order chi connectivity index (χ0) is 23.2. The second-order valence-corrected chi connectivity index (χ2v) is 11.4. The van der Waals surface area contributed by atoms with Crippen LogP contribution in [0.4, 0.5) is 17.1 Å². The normalized spacial score (nSPS) is 19.5. The molecule has 3 aromatic carbocycles. The maximum atomic E-state index is 15.0. The van der Waals surface area contributed by atoms with Gasteiger partial charge < -0.3 is 9.34 Å². The summed E-state index contributed by atoms with van der Waals surface area (Å²) in [4.78, 5) is 27.9. The van der Waals surface area contributed by atoms with Crippen molar-refractivity contribution < 1.29 is 14.2 Å². The number of hydrogen-bond donors (Lipinski definition) is 0. The van der Waals surface area contributed by atoms with Crippen molar-refractivity contribution in [2.24, 2.45) is 0 Å². The van der Waals surface area contributed by atoms with Crippen molar-refractivity contribution in [1.29, 1.82) is 0 Å². The van der Waals surface area contributed by atoms with E-state index in [1.54, 1.807) is 24.3 Å². The molecule has 34 heavy (non-hydrogen) atoms. The van der Waals surface area contributed by atoms with Gasteiger partial charge >= 0.3 is 0 Å². The Morgan fingerprint density at radius 2 is 1.18 bits per heavy atom. The van der Waals surface area contributed by atoms with E-state index < -0.39 is 19.0 Å². The summed E-state index contributed by atoms with van der Waals surface area (Å²) < 4.78 is 18.7. The molecule has 0 N–H and O–H groups in total. The van der Waals surface area contributed by atoms with Crippen LogP contribution in [0.3, 0.4) is 0 Å². The van der Waals surface area contributed by atoms with Crippen molar-refractivity contribution in [2.45, 2.75) is 33.4 Å². The van der Waals surface area contributed by atoms with Crippen molar-refractivity contribution in [3.8, 4) is 0 Å². The van der Waals surface area contributed by atoms with E-state index in [9.17, 15) is 9.59 Å². The Labute approximate surface area is 201 Å². The number of hydrogen-bond acceptors (Lipinski definition) is 3. The minimum absolute atomic E-state index is 0. The summed E-state index contributed by atoms with van der Waals surface area (Å²) in [5.41, 5.74) is 3.39. The summed E-state index contributed by atoms with van der Waals surface area (Å²) in [6, 6.07) is 24.6. The number of carbonyl (C=O) groups excluding carboxylic acids is 2. The molecule has 5 rings (SSSR count). The number of aryl methyl sites for hydroxylation is 2. The Kier molecular flexibility index (Phi) is 6.37. The molecule has 1 unspecified atom stereocenters. The zero-order valence-corrected chi connectivity index (χ0v) is 19.6. The topological polar surface area (TPSA) is 60.9 Å². The van der Waals surface area contributed by atoms with E-state index >= 15 is 4.57 Å². The predicted molar refractivity (Wildman–Crippen MR) is 139 cm³/mol. The molecule has 3 aromatic rings. The van der Waals surface area contributed by atoms with Crippen molar-refractivity contribution in [1.82, 2.24) is 0 Å². The number of imide groups is 1. The maximum absolute atomic E-state index is 15.0. The van der Waals surface area contributed by atoms with Crippen LogP contribution in [0, 0.1) is 13.8 Å². The molecule has 2 amide bonds. The van der Waals surface area contributed by atoms with Gasteiger partial charge in [0, 0.05) is 30.9 Å². The molecule has 2 aliphatic heterocycles. The van der Waals surface area contributed by atoms with Crippen LogP contribution < -0.4 is 14.2 Å². The molecule has 6 nitrogen and oxygen atoms in total. The fraction of sp³-hybridized carbons (Fsp3) is 0.259. The minimum atomic E-state index is -3.51. The van der Waals surface area contributed by atoms with Crippen LogP contribution in [0.1, 0.15) is 25.0 Å². The molecule has 0 spiro atoms. The van der Waals surface area contributed by atoms with Crippen LogP contribution in [0.15, 0.2) is 78.9 Å². The van der Waals surface area contributed by atoms with Gasteiger partial charge in [-0.3, -0.25) is 14.2 Å². The van der Waals surface area contributed by atoms with E-state index in [1.165, 1.54) is 4.90 Å². The lowest BCUT2D eigenvalue weighted by molar-refractivity contribution is -0.121. The van der Waals surface area contributed by atoms with Gasteiger partial charge in [-0.05, 0) is 50.2 Å². The number of nitrogens with zero attached hydrogens (tertiary/aromatic N) is 3. The first kappa shape index (κ1) is 23.8. The lowest BCUT2D eigenvalue weighted by Crippen LogP contribution is -2.36. The zero-order valence-electron chi connectivity index (χ0n) is 18.7. The summed E-state index contributed by atoms with van der Waals surface area (Å²) in [5, 5.41) is 0. The minimum Gasteiger partial charge on any atom is -0.304 e. The Balaban J connectivity index is 0.00000274. The van der Waals surface area contributed by atoms with Gasteiger partial charge in [0.15, 0.2) is 0 Å². The first-order valence-corrected chi connectivity index (χ1v) is 12.8. The Hall–Kier alpha value is -3.37. The van der Waals surface area contributed by atoms with E-state index in [-0.39, 0.29) is 19.8 Å². The maximum Gasteiger partial charge on any atom is 0.275 e. The van der Waals surface area contributed by atoms with Crippen molar-refractivity contribution >= 4 is 36.3 Å². The van der Waals surface area contributed by atoms with Crippen LogP contribution in [0.2, 0.25) is 0 Å². The summed E-state index contributed by atoms with van der Waals surface area (Å²) in [6.07, 6.45) is -0.0737. The highest BCUT2D eigenvalue weighted by molar-refractivity contribution is 7.69. The number of benzene rings is 3. The van der Waals surface area contributed by atoms with Gasteiger partial charge in [0.2, 0.25) is 11.8 Å². The van der Waals surface area contributed by atoms with Crippen molar-refractivity contribution in [3.63, 3.8) is 0 Å². The molecule has 2 heterocycles. The molecule has 176 valence electrons. The van der Waals surface area contributed by atoms with E-state index in [0.29, 0.717) is 18.8 Å². The molecular weight excluding hydrogens is 445 g/mol. The number of para-hydroxylation sites is 1. The van der Waals surface area contributed by atoms with Crippen LogP contribution >= 0.6 is 7.44 Å². The number of anilines is 3. The van der Waals surface area contributed by atoms with E-state index in [1.807, 2.05) is 77.8 Å². The standard InChI is InChI=1S/C26H26N3O3P.CH4/c1-19-8-12-21(13-9-19)27-16-17-28(22-14-10-20(2)11-15-22)33(27,32)24-18-25(30)29(26(24)31)23-6-4-3-5-7-23;/h3-15,24H,16-18H2,1-2H3;1H4. The Bertz CT molecular complexity index is 1180. The predicted octanol–water partition coefficient (Wildman–Crippen LogP) is 5.79. The first-order chi connectivity index (χ1) is 15.9. The third-order valence-corrected chi connectivity index (χ3v) is 9.88. The Morgan fingerprint density at radius 3 is 1.65 bits per heavy atom. The molecule has 0 aliphatic carbocycles. The molecule has 2 fully saturated rings. The van der Waals surface area contributed by atoms with Crippen LogP contribution in [-0.4, -0.2) is 30.6 Å². The van der Waals surface area contributed by atoms with Crippen LogP contribution in [0.5, 0.6) is 0 Å². The molecule has 1 atom stereocenters. The molecule has 7 heteroatoms. The lowest BCUT2D eigenvalue weighted by Gasteiger charge is -2.35. The molecule has 0 radical (unpaired) electrons. The smallest absolute Gasteiger partial charge is 0.275 e. The monoisotopic (exact) mass is 475 g/mol. The van der Waals surface area contributed by atoms with Crippen LogP contribution in [-0.2, 0) is 14.2 Å². The first-order valence-electron chi connectivity index (χ1n) is 11.1. The molecule has 0 saturated carbocycles. The highest BCUT2D eigenvalue weighted by Gasteiger charge is 2.57. The number of carbonyl (C=O) groups is 2. The molecular formula is C27H30N3O3P. The molecule has 2 aliphatic rings. The molecule has 2 saturated heterocycles. The number of amides is 2. The second kappa shape index (κ2) is 9.11. The van der Waals surface area contributed by atoms with Gasteiger partial charge in [-0.1, -0.05) is 61.0 Å². The van der Waals surface area contributed by atoms with Gasteiger partial charge in [0.25, 0.3) is 7.44 Å². The Morgan fingerprint density at radius 1 is 0.706 bits per heavy atom. The summed E-state index contributed by atoms with van der Waals surface area (Å²) in [6.45, 7) is 5.03. The van der Waals surface area contributed by atoms with Gasteiger partial charge in [-0.2, -0.15) is 0 Å². The second-order valence-electron chi connectivity index (χ2n) is 8.63. The van der Waals surface area contributed by atoms with Crippen molar-refractivity contribution in [3.05, 3.63) is 90.0 Å². The summed E-state index contributed by atoms with van der Waals surface area (Å²) in [7, 11) is -3.51. The summed E-state index contributed by atoms with van der Waals surface area (Å²) >= 11 is 0. The third kappa shape index (κ3) is 3.82. The van der Waals surface area contributed by atoms with Gasteiger partial charge in [0.05, 0.1) is 5.69 Å². The van der Waals surface area contributed by atoms with Gasteiger partial charge in [-0.25, -0.2) is 4.90 Å². The van der Waals surface area contributed by atoms with E-state index in [2.05, 4.69) is 0 Å². The SMILES string of the molecule is C.Cc1ccc(N2CCN(c3ccc(C)cc3)P2(=O)C2CC(=O)N(c3ccccc3)C2=O)cc1. The lowest BCUT2D eigenvalue weighted by atomic mass is 10.2. The highest BCUT2D eigenvalue weighted by atomic mass is 31.2. The average Bonchev–Trinajstić information content (AvgIpc) is 3.32. The fourth-order valence-electron chi connectivity index (χ4n) is 4.69. The third-order valence-electron chi connectivity index (χ3n) is 6.42. The summed E-state index contributed by atoms with van der Waals surface area (Å²) in [5.74, 6) is -0.711. The van der Waals surface area contributed by atoms with Crippen LogP contribution in [0.25, 0.3) is 0 Å². The largest absolute Gasteiger partial charge is 0.304 e. The number of rotatable bonds is 4. The van der Waals surface area contributed by atoms with E-state index in [0.717, 1.165) is 22.5 Å². The highest BCUT2D eigenvalue weighted by Crippen LogP contribution is 2.65. The average molecular weight is 476 g/mol. The van der Waals surface area contributed by atoms with E-state index in [4.69, 9.17) is 0 Å². The van der Waals surface area contributed by atoms with Gasteiger partial charge in [0.1, 0.15) is 5.66 Å². The van der Waals surface area contributed by atoms with Gasteiger partial charge in [-0.15, -0.1) is 0 Å².